The molecule has 1 N–H and O–H groups in total. The standard InChI is InChI=1S/C17H13ClFNO3/c18-13-2-1-3-14(19)12(13)5-7-17(21)20-11-4-6-15-16(10-11)23-9-8-22-15/h1-7,10H,8-9H2,(H,20,21)/b7-5+. The molecule has 0 aliphatic carbocycles. The molecule has 0 spiro atoms. The largest absolute Gasteiger partial charge is 0.486 e. The quantitative estimate of drug-likeness (QED) is 0.866. The van der Waals surface area contributed by atoms with Crippen molar-refractivity contribution in [2.75, 3.05) is 18.5 Å². The first kappa shape index (κ1) is 15.4. The molecule has 1 heterocycles. The topological polar surface area (TPSA) is 47.6 Å². The molecule has 0 saturated carbocycles. The van der Waals surface area contributed by atoms with Crippen LogP contribution in [0.2, 0.25) is 5.02 Å². The van der Waals surface area contributed by atoms with Crippen LogP contribution in [0.5, 0.6) is 11.5 Å². The summed E-state index contributed by atoms with van der Waals surface area (Å²) in [6.07, 6.45) is 2.56. The lowest BCUT2D eigenvalue weighted by Crippen LogP contribution is -2.16. The number of ether oxygens (including phenoxy) is 2. The number of halogens is 2. The minimum Gasteiger partial charge on any atom is -0.486 e. The van der Waals surface area contributed by atoms with Crippen LogP contribution in [0, 0.1) is 5.82 Å². The zero-order valence-electron chi connectivity index (χ0n) is 12.0. The molecule has 1 amide bonds. The van der Waals surface area contributed by atoms with E-state index < -0.39 is 11.7 Å². The van der Waals surface area contributed by atoms with Gasteiger partial charge in [0.05, 0.1) is 5.02 Å². The Morgan fingerprint density at radius 3 is 2.74 bits per heavy atom. The molecule has 23 heavy (non-hydrogen) atoms. The van der Waals surface area contributed by atoms with Crippen molar-refractivity contribution in [2.45, 2.75) is 0 Å². The van der Waals surface area contributed by atoms with E-state index in [0.717, 1.165) is 0 Å². The fraction of sp³-hybridized carbons (Fsp3) is 0.118. The van der Waals surface area contributed by atoms with Crippen LogP contribution in [0.3, 0.4) is 0 Å². The highest BCUT2D eigenvalue weighted by atomic mass is 35.5. The van der Waals surface area contributed by atoms with Gasteiger partial charge in [-0.2, -0.15) is 0 Å². The summed E-state index contributed by atoms with van der Waals surface area (Å²) in [6.45, 7) is 0.973. The molecule has 0 unspecified atom stereocenters. The molecule has 0 bridgehead atoms. The van der Waals surface area contributed by atoms with E-state index in [1.807, 2.05) is 0 Å². The first-order chi connectivity index (χ1) is 11.1. The van der Waals surface area contributed by atoms with E-state index in [4.69, 9.17) is 21.1 Å². The summed E-state index contributed by atoms with van der Waals surface area (Å²) < 4.78 is 24.5. The molecule has 0 aromatic heterocycles. The highest BCUT2D eigenvalue weighted by molar-refractivity contribution is 6.32. The second kappa shape index (κ2) is 6.71. The smallest absolute Gasteiger partial charge is 0.248 e. The van der Waals surface area contributed by atoms with Crippen LogP contribution in [-0.4, -0.2) is 19.1 Å². The van der Waals surface area contributed by atoms with Gasteiger partial charge in [0.1, 0.15) is 19.0 Å². The fourth-order valence-corrected chi connectivity index (χ4v) is 2.36. The van der Waals surface area contributed by atoms with Crippen molar-refractivity contribution in [1.82, 2.24) is 0 Å². The first-order valence-electron chi connectivity index (χ1n) is 6.96. The summed E-state index contributed by atoms with van der Waals surface area (Å²) in [7, 11) is 0. The summed E-state index contributed by atoms with van der Waals surface area (Å²) in [5, 5.41) is 2.92. The highest BCUT2D eigenvalue weighted by Gasteiger charge is 2.12. The van der Waals surface area contributed by atoms with Crippen LogP contribution in [0.25, 0.3) is 6.08 Å². The molecule has 0 atom stereocenters. The molecule has 1 aliphatic heterocycles. The van der Waals surface area contributed by atoms with Gasteiger partial charge in [-0.15, -0.1) is 0 Å². The summed E-state index contributed by atoms with van der Waals surface area (Å²) in [5.41, 5.74) is 0.732. The molecule has 0 saturated heterocycles. The minimum atomic E-state index is -0.485. The van der Waals surface area contributed by atoms with Gasteiger partial charge in [0.2, 0.25) is 5.91 Å². The maximum atomic E-state index is 13.6. The van der Waals surface area contributed by atoms with Crippen molar-refractivity contribution in [3.8, 4) is 11.5 Å². The van der Waals surface area contributed by atoms with Crippen LogP contribution in [0.4, 0.5) is 10.1 Å². The van der Waals surface area contributed by atoms with Crippen LogP contribution in [-0.2, 0) is 4.79 Å². The van der Waals surface area contributed by atoms with E-state index in [1.54, 1.807) is 24.3 Å². The Morgan fingerprint density at radius 1 is 1.17 bits per heavy atom. The van der Waals surface area contributed by atoms with Gasteiger partial charge >= 0.3 is 0 Å². The second-order valence-electron chi connectivity index (χ2n) is 4.82. The summed E-state index contributed by atoms with van der Waals surface area (Å²) >= 11 is 5.90. The van der Waals surface area contributed by atoms with Gasteiger partial charge in [-0.1, -0.05) is 17.7 Å². The third-order valence-corrected chi connectivity index (χ3v) is 3.54. The van der Waals surface area contributed by atoms with Gasteiger partial charge in [0.15, 0.2) is 11.5 Å². The van der Waals surface area contributed by atoms with Crippen LogP contribution in [0.15, 0.2) is 42.5 Å². The van der Waals surface area contributed by atoms with E-state index in [1.165, 1.54) is 24.3 Å². The van der Waals surface area contributed by atoms with Crippen molar-refractivity contribution in [3.05, 3.63) is 58.9 Å². The molecule has 3 rings (SSSR count). The summed E-state index contributed by atoms with van der Waals surface area (Å²) in [4.78, 5) is 11.9. The monoisotopic (exact) mass is 333 g/mol. The Hall–Kier alpha value is -2.53. The van der Waals surface area contributed by atoms with Crippen LogP contribution >= 0.6 is 11.6 Å². The van der Waals surface area contributed by atoms with E-state index in [9.17, 15) is 9.18 Å². The lowest BCUT2D eigenvalue weighted by atomic mass is 10.2. The third kappa shape index (κ3) is 3.63. The SMILES string of the molecule is O=C(/C=C/c1c(F)cccc1Cl)Nc1ccc2c(c1)OCCO2. The van der Waals surface area contributed by atoms with Crippen molar-refractivity contribution in [2.24, 2.45) is 0 Å². The summed E-state index contributed by atoms with van der Waals surface area (Å²) in [6, 6.07) is 9.45. The number of carbonyl (C=O) groups excluding carboxylic acids is 1. The lowest BCUT2D eigenvalue weighted by Gasteiger charge is -2.18. The Morgan fingerprint density at radius 2 is 1.96 bits per heavy atom. The molecule has 1 aliphatic rings. The van der Waals surface area contributed by atoms with Gasteiger partial charge in [0.25, 0.3) is 0 Å². The van der Waals surface area contributed by atoms with Gasteiger partial charge in [0, 0.05) is 23.4 Å². The first-order valence-corrected chi connectivity index (χ1v) is 7.34. The molecular formula is C17H13ClFNO3. The maximum Gasteiger partial charge on any atom is 0.248 e. The number of anilines is 1. The van der Waals surface area contributed by atoms with Crippen LogP contribution < -0.4 is 14.8 Å². The average Bonchev–Trinajstić information content (AvgIpc) is 2.54. The van der Waals surface area contributed by atoms with Gasteiger partial charge in [-0.05, 0) is 30.3 Å². The predicted octanol–water partition coefficient (Wildman–Crippen LogP) is 3.90. The number of fused-ring (bicyclic) bond motifs is 1. The van der Waals surface area contributed by atoms with Gasteiger partial charge in [-0.3, -0.25) is 4.79 Å². The zero-order chi connectivity index (χ0) is 16.2. The molecule has 0 radical (unpaired) electrons. The Bertz CT molecular complexity index is 756. The molecule has 2 aromatic carbocycles. The van der Waals surface area contributed by atoms with Crippen LogP contribution in [0.1, 0.15) is 5.56 Å². The molecule has 4 nitrogen and oxygen atoms in total. The number of hydrogen-bond acceptors (Lipinski definition) is 3. The number of benzene rings is 2. The van der Waals surface area contributed by atoms with Crippen molar-refractivity contribution in [3.63, 3.8) is 0 Å². The molecule has 118 valence electrons. The number of nitrogens with one attached hydrogen (secondary N) is 1. The number of hydrogen-bond donors (Lipinski definition) is 1. The lowest BCUT2D eigenvalue weighted by molar-refractivity contribution is -0.111. The Labute approximate surface area is 137 Å². The highest BCUT2D eigenvalue weighted by Crippen LogP contribution is 2.32. The van der Waals surface area contributed by atoms with E-state index in [2.05, 4.69) is 5.32 Å². The number of amides is 1. The normalized spacial score (nSPS) is 13.1. The average molecular weight is 334 g/mol. The number of rotatable bonds is 3. The molecular weight excluding hydrogens is 321 g/mol. The van der Waals surface area contributed by atoms with Gasteiger partial charge < -0.3 is 14.8 Å². The molecule has 6 heteroatoms. The van der Waals surface area contributed by atoms with Crippen molar-refractivity contribution < 1.29 is 18.7 Å². The van der Waals surface area contributed by atoms with E-state index in [-0.39, 0.29) is 10.6 Å². The van der Waals surface area contributed by atoms with Gasteiger partial charge in [-0.25, -0.2) is 4.39 Å². The van der Waals surface area contributed by atoms with Crippen molar-refractivity contribution >= 4 is 29.3 Å². The van der Waals surface area contributed by atoms with Crippen molar-refractivity contribution in [1.29, 1.82) is 0 Å². The summed E-state index contributed by atoms with van der Waals surface area (Å²) in [5.74, 6) is 0.333. The minimum absolute atomic E-state index is 0.173. The fourth-order valence-electron chi connectivity index (χ4n) is 2.13. The third-order valence-electron chi connectivity index (χ3n) is 3.21. The maximum absolute atomic E-state index is 13.6. The Kier molecular flexibility index (Phi) is 4.48. The Balaban J connectivity index is 1.71. The second-order valence-corrected chi connectivity index (χ2v) is 5.22. The zero-order valence-corrected chi connectivity index (χ0v) is 12.8. The number of carbonyl (C=O) groups is 1. The van der Waals surface area contributed by atoms with E-state index >= 15 is 0 Å². The van der Waals surface area contributed by atoms with E-state index in [0.29, 0.717) is 30.4 Å². The molecule has 2 aromatic rings. The predicted molar refractivity (Wildman–Crippen MR) is 86.5 cm³/mol. The molecule has 0 fully saturated rings.